The molecule has 1 saturated carbocycles. The average Bonchev–Trinajstić information content (AvgIpc) is 2.46. The molecule has 0 heterocycles. The van der Waals surface area contributed by atoms with Gasteiger partial charge >= 0.3 is 0 Å². The van der Waals surface area contributed by atoms with Crippen LogP contribution in [0.1, 0.15) is 70.9 Å². The lowest BCUT2D eigenvalue weighted by Gasteiger charge is -2.38. The van der Waals surface area contributed by atoms with Crippen molar-refractivity contribution >= 4 is 0 Å². The van der Waals surface area contributed by atoms with Crippen molar-refractivity contribution in [2.24, 2.45) is 5.41 Å². The van der Waals surface area contributed by atoms with Crippen LogP contribution in [0.3, 0.4) is 0 Å². The fourth-order valence-electron chi connectivity index (χ4n) is 3.66. The Morgan fingerprint density at radius 2 is 1.62 bits per heavy atom. The lowest BCUT2D eigenvalue weighted by atomic mass is 9.70. The molecule has 1 aromatic rings. The maximum absolute atomic E-state index is 3.61. The maximum Gasteiger partial charge on any atom is 0.00109 e. The van der Waals surface area contributed by atoms with Gasteiger partial charge in [0.15, 0.2) is 0 Å². The third-order valence-electron chi connectivity index (χ3n) is 5.06. The first-order valence-electron chi connectivity index (χ1n) is 8.75. The molecule has 0 amide bonds. The Bertz CT molecular complexity index is 418. The van der Waals surface area contributed by atoms with Gasteiger partial charge in [-0.1, -0.05) is 71.2 Å². The molecule has 118 valence electrons. The van der Waals surface area contributed by atoms with Crippen molar-refractivity contribution in [3.05, 3.63) is 35.4 Å². The summed E-state index contributed by atoms with van der Waals surface area (Å²) in [5.41, 5.74) is 3.71. The SMILES string of the molecule is CCNCC1(Cc2ccc(C(C)(C)C)cc2)CCCCC1. The molecule has 0 saturated heterocycles. The zero-order valence-corrected chi connectivity index (χ0v) is 14.5. The third-order valence-corrected chi connectivity index (χ3v) is 5.06. The van der Waals surface area contributed by atoms with Crippen LogP contribution in [0.15, 0.2) is 24.3 Å². The van der Waals surface area contributed by atoms with E-state index in [4.69, 9.17) is 0 Å². The van der Waals surface area contributed by atoms with Gasteiger partial charge in [-0.2, -0.15) is 0 Å². The standard InChI is InChI=1S/C20H33N/c1-5-21-16-20(13-7-6-8-14-20)15-17-9-11-18(12-10-17)19(2,3)4/h9-12,21H,5-8,13-16H2,1-4H3. The van der Waals surface area contributed by atoms with Gasteiger partial charge in [0.05, 0.1) is 0 Å². The van der Waals surface area contributed by atoms with Crippen LogP contribution in [0.4, 0.5) is 0 Å². The fraction of sp³-hybridized carbons (Fsp3) is 0.700. The van der Waals surface area contributed by atoms with E-state index in [-0.39, 0.29) is 5.41 Å². The molecule has 21 heavy (non-hydrogen) atoms. The highest BCUT2D eigenvalue weighted by atomic mass is 14.9. The molecule has 1 fully saturated rings. The Morgan fingerprint density at radius 3 is 2.14 bits per heavy atom. The molecule has 0 unspecified atom stereocenters. The minimum Gasteiger partial charge on any atom is -0.316 e. The summed E-state index contributed by atoms with van der Waals surface area (Å²) in [6.45, 7) is 11.4. The van der Waals surface area contributed by atoms with Gasteiger partial charge in [0.1, 0.15) is 0 Å². The number of rotatable bonds is 5. The topological polar surface area (TPSA) is 12.0 Å². The van der Waals surface area contributed by atoms with Crippen molar-refractivity contribution in [3.8, 4) is 0 Å². The quantitative estimate of drug-likeness (QED) is 0.795. The number of benzene rings is 1. The molecule has 0 radical (unpaired) electrons. The van der Waals surface area contributed by atoms with E-state index in [1.807, 2.05) is 0 Å². The normalized spacial score (nSPS) is 18.7. The molecule has 1 N–H and O–H groups in total. The highest BCUT2D eigenvalue weighted by Gasteiger charge is 2.31. The number of nitrogens with one attached hydrogen (secondary N) is 1. The number of hydrogen-bond acceptors (Lipinski definition) is 1. The Labute approximate surface area is 131 Å². The Morgan fingerprint density at radius 1 is 1.00 bits per heavy atom. The molecule has 0 bridgehead atoms. The van der Waals surface area contributed by atoms with Crippen LogP contribution in [0, 0.1) is 5.41 Å². The second kappa shape index (κ2) is 6.96. The first kappa shape index (κ1) is 16.5. The first-order chi connectivity index (χ1) is 9.95. The summed E-state index contributed by atoms with van der Waals surface area (Å²) in [5.74, 6) is 0. The van der Waals surface area contributed by atoms with Crippen molar-refractivity contribution < 1.29 is 0 Å². The molecule has 2 rings (SSSR count). The first-order valence-corrected chi connectivity index (χ1v) is 8.75. The predicted octanol–water partition coefficient (Wildman–Crippen LogP) is 5.09. The van der Waals surface area contributed by atoms with Gasteiger partial charge in [0.25, 0.3) is 0 Å². The highest BCUT2D eigenvalue weighted by molar-refractivity contribution is 5.28. The van der Waals surface area contributed by atoms with Crippen molar-refractivity contribution in [2.45, 2.75) is 71.6 Å². The van der Waals surface area contributed by atoms with Crippen LogP contribution in [-0.4, -0.2) is 13.1 Å². The molecule has 0 atom stereocenters. The van der Waals surface area contributed by atoms with Crippen molar-refractivity contribution in [1.29, 1.82) is 0 Å². The van der Waals surface area contributed by atoms with E-state index in [1.165, 1.54) is 56.2 Å². The molecule has 0 spiro atoms. The van der Waals surface area contributed by atoms with Crippen LogP contribution in [0.25, 0.3) is 0 Å². The molecule has 1 heteroatoms. The zero-order chi connectivity index (χ0) is 15.3. The van der Waals surface area contributed by atoms with Gasteiger partial charge in [-0.05, 0) is 47.8 Å². The van der Waals surface area contributed by atoms with Crippen LogP contribution in [-0.2, 0) is 11.8 Å². The van der Waals surface area contributed by atoms with E-state index < -0.39 is 0 Å². The van der Waals surface area contributed by atoms with Gasteiger partial charge < -0.3 is 5.32 Å². The summed E-state index contributed by atoms with van der Waals surface area (Å²) >= 11 is 0. The lowest BCUT2D eigenvalue weighted by Crippen LogP contribution is -2.38. The molecule has 1 aromatic carbocycles. The van der Waals surface area contributed by atoms with E-state index in [2.05, 4.69) is 57.3 Å². The Balaban J connectivity index is 2.09. The van der Waals surface area contributed by atoms with Crippen molar-refractivity contribution in [3.63, 3.8) is 0 Å². The van der Waals surface area contributed by atoms with E-state index in [0.717, 1.165) is 6.54 Å². The van der Waals surface area contributed by atoms with Gasteiger partial charge in [0.2, 0.25) is 0 Å². The lowest BCUT2D eigenvalue weighted by molar-refractivity contribution is 0.182. The minimum absolute atomic E-state index is 0.255. The summed E-state index contributed by atoms with van der Waals surface area (Å²) in [5, 5.41) is 3.61. The summed E-state index contributed by atoms with van der Waals surface area (Å²) in [6.07, 6.45) is 8.26. The molecule has 1 aliphatic rings. The largest absolute Gasteiger partial charge is 0.316 e. The molecule has 1 nitrogen and oxygen atoms in total. The monoisotopic (exact) mass is 287 g/mol. The van der Waals surface area contributed by atoms with Gasteiger partial charge in [-0.25, -0.2) is 0 Å². The minimum atomic E-state index is 0.255. The summed E-state index contributed by atoms with van der Waals surface area (Å²) in [4.78, 5) is 0. The highest BCUT2D eigenvalue weighted by Crippen LogP contribution is 2.39. The van der Waals surface area contributed by atoms with E-state index in [9.17, 15) is 0 Å². The van der Waals surface area contributed by atoms with Gasteiger partial charge in [-0.15, -0.1) is 0 Å². The second-order valence-corrected chi connectivity index (χ2v) is 7.96. The summed E-state index contributed by atoms with van der Waals surface area (Å²) < 4.78 is 0. The summed E-state index contributed by atoms with van der Waals surface area (Å²) in [7, 11) is 0. The summed E-state index contributed by atoms with van der Waals surface area (Å²) in [6, 6.07) is 9.39. The van der Waals surface area contributed by atoms with Crippen molar-refractivity contribution in [2.75, 3.05) is 13.1 Å². The van der Waals surface area contributed by atoms with Crippen molar-refractivity contribution in [1.82, 2.24) is 5.32 Å². The van der Waals surface area contributed by atoms with E-state index in [0.29, 0.717) is 5.41 Å². The zero-order valence-electron chi connectivity index (χ0n) is 14.5. The van der Waals surface area contributed by atoms with Crippen LogP contribution in [0.5, 0.6) is 0 Å². The molecule has 1 aliphatic carbocycles. The average molecular weight is 287 g/mol. The molecule has 0 aliphatic heterocycles. The van der Waals surface area contributed by atoms with E-state index >= 15 is 0 Å². The third kappa shape index (κ3) is 4.57. The molecular formula is C20H33N. The number of hydrogen-bond donors (Lipinski definition) is 1. The molecular weight excluding hydrogens is 254 g/mol. The smallest absolute Gasteiger partial charge is 0.00109 e. The van der Waals surface area contributed by atoms with E-state index in [1.54, 1.807) is 0 Å². The Kier molecular flexibility index (Phi) is 5.48. The predicted molar refractivity (Wildman–Crippen MR) is 92.9 cm³/mol. The maximum atomic E-state index is 3.61. The van der Waals surface area contributed by atoms with Gasteiger partial charge in [0, 0.05) is 6.54 Å². The van der Waals surface area contributed by atoms with Crippen LogP contribution < -0.4 is 5.32 Å². The second-order valence-electron chi connectivity index (χ2n) is 7.96. The van der Waals surface area contributed by atoms with Crippen LogP contribution >= 0.6 is 0 Å². The Hall–Kier alpha value is -0.820. The molecule has 0 aromatic heterocycles. The van der Waals surface area contributed by atoms with Crippen LogP contribution in [0.2, 0.25) is 0 Å². The van der Waals surface area contributed by atoms with Gasteiger partial charge in [-0.3, -0.25) is 0 Å². The fourth-order valence-corrected chi connectivity index (χ4v) is 3.66.